The summed E-state index contributed by atoms with van der Waals surface area (Å²) in [5.74, 6) is 0. The van der Waals surface area contributed by atoms with Crippen molar-refractivity contribution >= 4 is 22.8 Å². The Morgan fingerprint density at radius 1 is 1.47 bits per heavy atom. The molecule has 1 aliphatic heterocycles. The summed E-state index contributed by atoms with van der Waals surface area (Å²) in [4.78, 5) is 4.77. The standard InChI is InChI=1S/C13H17N3S/c1-3-16-11-6-7-14-8-10(11)9-4-5-12(17-2)15-13(9)16/h4-5,14H,3,6-8H2,1-2H3. The fourth-order valence-corrected chi connectivity index (χ4v) is 3.06. The Kier molecular flexibility index (Phi) is 2.84. The maximum Gasteiger partial charge on any atom is 0.141 e. The smallest absolute Gasteiger partial charge is 0.141 e. The van der Waals surface area contributed by atoms with E-state index in [2.05, 4.69) is 35.2 Å². The van der Waals surface area contributed by atoms with Crippen LogP contribution in [0.25, 0.3) is 11.0 Å². The number of nitrogens with one attached hydrogen (secondary N) is 1. The predicted molar refractivity (Wildman–Crippen MR) is 72.6 cm³/mol. The SMILES string of the molecule is CCn1c2c(c3ccc(SC)nc31)CNCC2. The Balaban J connectivity index is 2.30. The van der Waals surface area contributed by atoms with Crippen molar-refractivity contribution in [3.63, 3.8) is 0 Å². The number of aromatic nitrogens is 2. The number of pyridine rings is 1. The van der Waals surface area contributed by atoms with Crippen molar-refractivity contribution in [3.05, 3.63) is 23.4 Å². The van der Waals surface area contributed by atoms with Crippen LogP contribution in [0.4, 0.5) is 0 Å². The molecule has 3 heterocycles. The minimum absolute atomic E-state index is 0.985. The summed E-state index contributed by atoms with van der Waals surface area (Å²) < 4.78 is 2.38. The van der Waals surface area contributed by atoms with Gasteiger partial charge in [-0.25, -0.2) is 4.98 Å². The molecule has 3 rings (SSSR count). The monoisotopic (exact) mass is 247 g/mol. The Hall–Kier alpha value is -1.00. The van der Waals surface area contributed by atoms with Crippen LogP contribution in [0.5, 0.6) is 0 Å². The predicted octanol–water partition coefficient (Wildman–Crippen LogP) is 2.42. The molecule has 0 bridgehead atoms. The summed E-state index contributed by atoms with van der Waals surface area (Å²) in [6.07, 6.45) is 3.20. The van der Waals surface area contributed by atoms with Gasteiger partial charge in [-0.3, -0.25) is 0 Å². The first-order chi connectivity index (χ1) is 8.35. The maximum absolute atomic E-state index is 4.77. The van der Waals surface area contributed by atoms with Crippen molar-refractivity contribution < 1.29 is 0 Å². The highest BCUT2D eigenvalue weighted by Crippen LogP contribution is 2.29. The zero-order valence-corrected chi connectivity index (χ0v) is 11.1. The minimum Gasteiger partial charge on any atom is -0.329 e. The fraction of sp³-hybridized carbons (Fsp3) is 0.462. The lowest BCUT2D eigenvalue weighted by Crippen LogP contribution is -2.24. The zero-order chi connectivity index (χ0) is 11.8. The van der Waals surface area contributed by atoms with E-state index in [1.807, 2.05) is 0 Å². The summed E-state index contributed by atoms with van der Waals surface area (Å²) in [6, 6.07) is 4.36. The molecule has 2 aromatic rings. The highest BCUT2D eigenvalue weighted by Gasteiger charge is 2.19. The van der Waals surface area contributed by atoms with E-state index in [4.69, 9.17) is 4.98 Å². The maximum atomic E-state index is 4.77. The molecule has 4 heteroatoms. The Bertz CT molecular complexity index is 559. The molecule has 2 aromatic heterocycles. The zero-order valence-electron chi connectivity index (χ0n) is 10.3. The van der Waals surface area contributed by atoms with Crippen molar-refractivity contribution in [1.29, 1.82) is 0 Å². The van der Waals surface area contributed by atoms with Gasteiger partial charge in [0.2, 0.25) is 0 Å². The second-order valence-corrected chi connectivity index (χ2v) is 5.15. The molecule has 3 nitrogen and oxygen atoms in total. The number of thioether (sulfide) groups is 1. The van der Waals surface area contributed by atoms with Crippen molar-refractivity contribution in [2.45, 2.75) is 31.5 Å². The number of fused-ring (bicyclic) bond motifs is 3. The van der Waals surface area contributed by atoms with Crippen LogP contribution >= 0.6 is 11.8 Å². The van der Waals surface area contributed by atoms with Gasteiger partial charge in [0.05, 0.1) is 5.03 Å². The van der Waals surface area contributed by atoms with Gasteiger partial charge in [0.1, 0.15) is 5.65 Å². The lowest BCUT2D eigenvalue weighted by atomic mass is 10.1. The Labute approximate surface area is 106 Å². The molecule has 0 saturated heterocycles. The quantitative estimate of drug-likeness (QED) is 0.827. The first kappa shape index (κ1) is 11.1. The molecule has 0 radical (unpaired) electrons. The molecule has 17 heavy (non-hydrogen) atoms. The van der Waals surface area contributed by atoms with E-state index in [9.17, 15) is 0 Å². The second-order valence-electron chi connectivity index (χ2n) is 4.32. The van der Waals surface area contributed by atoms with E-state index in [0.29, 0.717) is 0 Å². The van der Waals surface area contributed by atoms with Crippen molar-refractivity contribution in [1.82, 2.24) is 14.9 Å². The number of aryl methyl sites for hydroxylation is 1. The first-order valence-corrected chi connectivity index (χ1v) is 7.33. The average molecular weight is 247 g/mol. The highest BCUT2D eigenvalue weighted by atomic mass is 32.2. The summed E-state index contributed by atoms with van der Waals surface area (Å²) in [5, 5.41) is 5.89. The van der Waals surface area contributed by atoms with Crippen LogP contribution in [0.2, 0.25) is 0 Å². The molecular formula is C13H17N3S. The van der Waals surface area contributed by atoms with Gasteiger partial charge in [-0.05, 0) is 30.9 Å². The first-order valence-electron chi connectivity index (χ1n) is 6.11. The van der Waals surface area contributed by atoms with Gasteiger partial charge in [0, 0.05) is 37.1 Å². The van der Waals surface area contributed by atoms with Crippen molar-refractivity contribution in [2.75, 3.05) is 12.8 Å². The molecule has 1 aliphatic rings. The van der Waals surface area contributed by atoms with E-state index in [1.165, 1.54) is 16.6 Å². The van der Waals surface area contributed by atoms with E-state index < -0.39 is 0 Å². The third-order valence-electron chi connectivity index (χ3n) is 3.47. The Morgan fingerprint density at radius 3 is 3.12 bits per heavy atom. The van der Waals surface area contributed by atoms with Gasteiger partial charge >= 0.3 is 0 Å². The van der Waals surface area contributed by atoms with Crippen LogP contribution in [0.3, 0.4) is 0 Å². The van der Waals surface area contributed by atoms with E-state index in [0.717, 1.165) is 36.7 Å². The van der Waals surface area contributed by atoms with Gasteiger partial charge in [-0.15, -0.1) is 11.8 Å². The molecule has 1 N–H and O–H groups in total. The summed E-state index contributed by atoms with van der Waals surface area (Å²) in [5.41, 5.74) is 4.09. The molecule has 0 fully saturated rings. The van der Waals surface area contributed by atoms with Gasteiger partial charge in [0.25, 0.3) is 0 Å². The van der Waals surface area contributed by atoms with Crippen LogP contribution in [-0.2, 0) is 19.5 Å². The minimum atomic E-state index is 0.985. The molecular weight excluding hydrogens is 230 g/mol. The van der Waals surface area contributed by atoms with E-state index >= 15 is 0 Å². The largest absolute Gasteiger partial charge is 0.329 e. The van der Waals surface area contributed by atoms with E-state index in [-0.39, 0.29) is 0 Å². The fourth-order valence-electron chi connectivity index (χ4n) is 2.68. The number of hydrogen-bond acceptors (Lipinski definition) is 3. The van der Waals surface area contributed by atoms with Crippen LogP contribution in [0.1, 0.15) is 18.2 Å². The number of hydrogen-bond donors (Lipinski definition) is 1. The number of nitrogens with zero attached hydrogens (tertiary/aromatic N) is 2. The van der Waals surface area contributed by atoms with Crippen LogP contribution in [0.15, 0.2) is 17.2 Å². The molecule has 0 atom stereocenters. The van der Waals surface area contributed by atoms with Crippen LogP contribution in [0, 0.1) is 0 Å². The van der Waals surface area contributed by atoms with Gasteiger partial charge in [-0.2, -0.15) is 0 Å². The molecule has 0 saturated carbocycles. The van der Waals surface area contributed by atoms with Crippen LogP contribution in [-0.4, -0.2) is 22.4 Å². The van der Waals surface area contributed by atoms with Gasteiger partial charge in [-0.1, -0.05) is 0 Å². The van der Waals surface area contributed by atoms with Crippen molar-refractivity contribution in [3.8, 4) is 0 Å². The van der Waals surface area contributed by atoms with Crippen molar-refractivity contribution in [2.24, 2.45) is 0 Å². The second kappa shape index (κ2) is 4.35. The molecule has 90 valence electrons. The Morgan fingerprint density at radius 2 is 2.35 bits per heavy atom. The number of rotatable bonds is 2. The highest BCUT2D eigenvalue weighted by molar-refractivity contribution is 7.98. The molecule has 0 aromatic carbocycles. The lowest BCUT2D eigenvalue weighted by Gasteiger charge is -2.15. The van der Waals surface area contributed by atoms with Crippen LogP contribution < -0.4 is 5.32 Å². The average Bonchev–Trinajstić information content (AvgIpc) is 2.71. The molecule has 0 amide bonds. The molecule has 0 unspecified atom stereocenters. The summed E-state index contributed by atoms with van der Waals surface area (Å²) in [7, 11) is 0. The molecule has 0 spiro atoms. The van der Waals surface area contributed by atoms with Gasteiger partial charge in [0.15, 0.2) is 0 Å². The third-order valence-corrected chi connectivity index (χ3v) is 4.12. The molecule has 0 aliphatic carbocycles. The van der Waals surface area contributed by atoms with E-state index in [1.54, 1.807) is 11.8 Å². The summed E-state index contributed by atoms with van der Waals surface area (Å²) >= 11 is 1.71. The summed E-state index contributed by atoms with van der Waals surface area (Å²) in [6.45, 7) is 5.28. The lowest BCUT2D eigenvalue weighted by molar-refractivity contribution is 0.605. The normalized spacial score (nSPS) is 15.2. The van der Waals surface area contributed by atoms with Gasteiger partial charge < -0.3 is 9.88 Å². The topological polar surface area (TPSA) is 29.9 Å². The third kappa shape index (κ3) is 1.67.